The SMILES string of the molecule is COc1cccc2[nH]c(C(=O)N3C[C@H]4C[C@@]3(C(=O)N[C@@H](C[C@@H]3CCNC3=O)C(=O)C(N)=O)C4(C)C)cc12. The number of hydrogen-bond acceptors (Lipinski definition) is 6. The molecule has 4 amide bonds. The number of benzene rings is 1. The molecule has 2 aromatic rings. The fourth-order valence-electron chi connectivity index (χ4n) is 6.37. The molecule has 3 aliphatic heterocycles. The Morgan fingerprint density at radius 3 is 2.65 bits per heavy atom. The third-order valence-electron chi connectivity index (χ3n) is 8.74. The lowest BCUT2D eigenvalue weighted by Gasteiger charge is -2.54. The average Bonchev–Trinajstić information content (AvgIpc) is 3.63. The number of hydrogen-bond donors (Lipinski definition) is 4. The first kappa shape index (κ1) is 24.8. The molecule has 1 aromatic heterocycles. The van der Waals surface area contributed by atoms with Crippen LogP contribution >= 0.6 is 0 Å². The molecule has 37 heavy (non-hydrogen) atoms. The van der Waals surface area contributed by atoms with Crippen molar-refractivity contribution in [1.29, 1.82) is 0 Å². The quantitative estimate of drug-likeness (QED) is 0.378. The molecule has 11 nitrogen and oxygen atoms in total. The number of nitrogens with two attached hydrogens (primary N) is 1. The molecular weight excluding hydrogens is 478 g/mol. The summed E-state index contributed by atoms with van der Waals surface area (Å²) in [7, 11) is 1.55. The summed E-state index contributed by atoms with van der Waals surface area (Å²) in [6.07, 6.45) is 0.891. The molecule has 196 valence electrons. The number of ketones is 1. The zero-order valence-corrected chi connectivity index (χ0v) is 21.1. The van der Waals surface area contributed by atoms with E-state index in [4.69, 9.17) is 10.5 Å². The Morgan fingerprint density at radius 1 is 1.27 bits per heavy atom. The normalized spacial score (nSPS) is 26.4. The van der Waals surface area contributed by atoms with E-state index < -0.39 is 40.5 Å². The summed E-state index contributed by atoms with van der Waals surface area (Å²) in [4.78, 5) is 68.9. The summed E-state index contributed by atoms with van der Waals surface area (Å²) in [5.41, 5.74) is 4.53. The Balaban J connectivity index is 1.44. The number of amides is 4. The van der Waals surface area contributed by atoms with Crippen LogP contribution in [-0.4, -0.2) is 71.1 Å². The Hall–Kier alpha value is -3.89. The first-order chi connectivity index (χ1) is 17.5. The van der Waals surface area contributed by atoms with E-state index in [9.17, 15) is 24.0 Å². The molecule has 4 aliphatic rings. The van der Waals surface area contributed by atoms with Crippen LogP contribution in [0.3, 0.4) is 0 Å². The molecule has 1 aliphatic carbocycles. The van der Waals surface area contributed by atoms with Crippen molar-refractivity contribution < 1.29 is 28.7 Å². The Bertz CT molecular complexity index is 1330. The molecule has 1 saturated carbocycles. The van der Waals surface area contributed by atoms with Gasteiger partial charge in [0, 0.05) is 35.3 Å². The summed E-state index contributed by atoms with van der Waals surface area (Å²) >= 11 is 0. The Kier molecular flexibility index (Phi) is 5.76. The minimum Gasteiger partial charge on any atom is -0.496 e. The minimum absolute atomic E-state index is 0.0327. The number of aromatic nitrogens is 1. The van der Waals surface area contributed by atoms with Gasteiger partial charge >= 0.3 is 0 Å². The number of primary amides is 1. The van der Waals surface area contributed by atoms with E-state index in [1.807, 2.05) is 26.0 Å². The van der Waals surface area contributed by atoms with Gasteiger partial charge in [0.1, 0.15) is 17.0 Å². The predicted molar refractivity (Wildman–Crippen MR) is 132 cm³/mol. The van der Waals surface area contributed by atoms with Crippen LogP contribution < -0.4 is 21.1 Å². The van der Waals surface area contributed by atoms with Gasteiger partial charge in [0.25, 0.3) is 11.8 Å². The second-order valence-corrected chi connectivity index (χ2v) is 10.8. The topological polar surface area (TPSA) is 164 Å². The molecule has 6 rings (SSSR count). The third kappa shape index (κ3) is 3.59. The monoisotopic (exact) mass is 509 g/mol. The Morgan fingerprint density at radius 2 is 2.03 bits per heavy atom. The highest BCUT2D eigenvalue weighted by molar-refractivity contribution is 6.38. The van der Waals surface area contributed by atoms with Crippen molar-refractivity contribution in [3.05, 3.63) is 30.0 Å². The number of ether oxygens (including phenoxy) is 1. The number of methoxy groups -OCH3 is 1. The van der Waals surface area contributed by atoms with Gasteiger partial charge < -0.3 is 31.0 Å². The second kappa shape index (κ2) is 8.60. The number of Topliss-reactive ketones (excluding diaryl/α,β-unsaturated/α-hetero) is 1. The van der Waals surface area contributed by atoms with Crippen LogP contribution in [-0.2, 0) is 19.2 Å². The third-order valence-corrected chi connectivity index (χ3v) is 8.74. The summed E-state index contributed by atoms with van der Waals surface area (Å²) < 4.78 is 5.41. The molecule has 1 aromatic carbocycles. The van der Waals surface area contributed by atoms with Crippen molar-refractivity contribution in [3.8, 4) is 5.75 Å². The number of aromatic amines is 1. The minimum atomic E-state index is -1.25. The number of fused-ring (bicyclic) bond motifs is 2. The van der Waals surface area contributed by atoms with Crippen LogP contribution in [0.5, 0.6) is 5.75 Å². The van der Waals surface area contributed by atoms with Crippen LogP contribution in [0.4, 0.5) is 0 Å². The van der Waals surface area contributed by atoms with Crippen LogP contribution in [0.25, 0.3) is 10.9 Å². The fraction of sp³-hybridized carbons (Fsp3) is 0.500. The molecule has 0 radical (unpaired) electrons. The van der Waals surface area contributed by atoms with E-state index >= 15 is 0 Å². The van der Waals surface area contributed by atoms with E-state index in [-0.39, 0.29) is 24.2 Å². The zero-order valence-electron chi connectivity index (χ0n) is 21.1. The lowest BCUT2D eigenvalue weighted by atomic mass is 9.52. The van der Waals surface area contributed by atoms with Gasteiger partial charge in [-0.2, -0.15) is 0 Å². The van der Waals surface area contributed by atoms with E-state index in [2.05, 4.69) is 15.6 Å². The number of carbonyl (C=O) groups excluding carboxylic acids is 5. The number of rotatable bonds is 8. The van der Waals surface area contributed by atoms with Crippen molar-refractivity contribution in [2.24, 2.45) is 23.0 Å². The molecule has 4 heterocycles. The van der Waals surface area contributed by atoms with Gasteiger partial charge in [-0.25, -0.2) is 0 Å². The molecule has 0 spiro atoms. The van der Waals surface area contributed by atoms with Crippen molar-refractivity contribution >= 4 is 40.3 Å². The maximum Gasteiger partial charge on any atom is 0.287 e. The second-order valence-electron chi connectivity index (χ2n) is 10.8. The van der Waals surface area contributed by atoms with Gasteiger partial charge in [-0.15, -0.1) is 0 Å². The summed E-state index contributed by atoms with van der Waals surface area (Å²) in [6.45, 7) is 4.70. The molecular formula is C26H31N5O6. The van der Waals surface area contributed by atoms with Crippen LogP contribution in [0, 0.1) is 17.3 Å². The number of nitrogens with zero attached hydrogens (tertiary/aromatic N) is 1. The molecule has 0 unspecified atom stereocenters. The maximum absolute atomic E-state index is 13.9. The highest BCUT2D eigenvalue weighted by Gasteiger charge is 2.74. The highest BCUT2D eigenvalue weighted by atomic mass is 16.5. The maximum atomic E-state index is 13.9. The first-order valence-corrected chi connectivity index (χ1v) is 12.4. The van der Waals surface area contributed by atoms with E-state index in [1.165, 1.54) is 0 Å². The zero-order chi connectivity index (χ0) is 26.7. The van der Waals surface area contributed by atoms with E-state index in [1.54, 1.807) is 24.1 Å². The largest absolute Gasteiger partial charge is 0.496 e. The van der Waals surface area contributed by atoms with Gasteiger partial charge in [-0.1, -0.05) is 19.9 Å². The van der Waals surface area contributed by atoms with Gasteiger partial charge in [0.05, 0.1) is 13.2 Å². The average molecular weight is 510 g/mol. The lowest BCUT2D eigenvalue weighted by Crippen LogP contribution is -2.70. The van der Waals surface area contributed by atoms with Crippen molar-refractivity contribution in [2.45, 2.75) is 44.7 Å². The molecule has 5 N–H and O–H groups in total. The molecule has 11 heteroatoms. The van der Waals surface area contributed by atoms with Crippen LogP contribution in [0.15, 0.2) is 24.3 Å². The van der Waals surface area contributed by atoms with E-state index in [0.29, 0.717) is 37.4 Å². The van der Waals surface area contributed by atoms with Crippen LogP contribution in [0.2, 0.25) is 0 Å². The summed E-state index contributed by atoms with van der Waals surface area (Å²) in [5, 5.41) is 6.15. The smallest absolute Gasteiger partial charge is 0.287 e. The van der Waals surface area contributed by atoms with Gasteiger partial charge in [-0.05, 0) is 43.4 Å². The number of H-pyrrole nitrogens is 1. The van der Waals surface area contributed by atoms with Gasteiger partial charge in [0.15, 0.2) is 0 Å². The Labute approximate surface area is 213 Å². The van der Waals surface area contributed by atoms with Gasteiger partial charge in [-0.3, -0.25) is 24.0 Å². The predicted octanol–water partition coefficient (Wildman–Crippen LogP) is 0.483. The van der Waals surface area contributed by atoms with Crippen molar-refractivity contribution in [3.63, 3.8) is 0 Å². The summed E-state index contributed by atoms with van der Waals surface area (Å²) in [5.74, 6) is -3.04. The van der Waals surface area contributed by atoms with Crippen molar-refractivity contribution in [2.75, 3.05) is 20.2 Å². The lowest BCUT2D eigenvalue weighted by molar-refractivity contribution is -0.149. The van der Waals surface area contributed by atoms with Crippen LogP contribution in [0.1, 0.15) is 43.6 Å². The number of carbonyl (C=O) groups is 5. The standard InChI is InChI=1S/C26H31N5O6/c1-25(2)14-11-26(25,24(36)30-17(20(32)21(27)33)9-13-7-8-28-22(13)34)31(12-14)23(35)18-10-15-16(29-18)5-4-6-19(15)37-3/h4-6,10,13-14,17,29H,7-9,11-12H2,1-3H3,(H2,27,33)(H,28,34)(H,30,36)/t13-,14+,17-,26+/m0/s1. The number of nitrogens with one attached hydrogen (secondary N) is 3. The molecule has 3 saturated heterocycles. The van der Waals surface area contributed by atoms with Gasteiger partial charge in [0.2, 0.25) is 17.6 Å². The van der Waals surface area contributed by atoms with E-state index in [0.717, 1.165) is 10.9 Å². The van der Waals surface area contributed by atoms with Crippen molar-refractivity contribution in [1.82, 2.24) is 20.5 Å². The molecule has 4 atom stereocenters. The first-order valence-electron chi connectivity index (χ1n) is 12.4. The summed E-state index contributed by atoms with van der Waals surface area (Å²) in [6, 6.07) is 5.91. The molecule has 2 bridgehead atoms. The fourth-order valence-corrected chi connectivity index (χ4v) is 6.37. The molecule has 4 fully saturated rings. The highest BCUT2D eigenvalue weighted by Crippen LogP contribution is 2.64.